The first-order valence-corrected chi connectivity index (χ1v) is 12.4. The molecule has 6 nitrogen and oxygen atoms in total. The van der Waals surface area contributed by atoms with Crippen LogP contribution in [0, 0.1) is 0 Å². The molecule has 0 fully saturated rings. The summed E-state index contributed by atoms with van der Waals surface area (Å²) in [6.07, 6.45) is 3.90. The second-order valence-electron chi connectivity index (χ2n) is 8.44. The Labute approximate surface area is 199 Å². The Balaban J connectivity index is 1.50. The molecule has 2 atom stereocenters. The molecule has 1 aliphatic rings. The van der Waals surface area contributed by atoms with E-state index in [0.717, 1.165) is 48.7 Å². The predicted molar refractivity (Wildman–Crippen MR) is 130 cm³/mol. The SMILES string of the molecule is CCCCN(CCNC(=O)C1c2ccccc2C(=O)N(C)C1c1cccs1)Cc1ccco1. The minimum absolute atomic E-state index is 0.0442. The third-order valence-electron chi connectivity index (χ3n) is 6.21. The van der Waals surface area contributed by atoms with Gasteiger partial charge in [0.1, 0.15) is 5.76 Å². The van der Waals surface area contributed by atoms with Crippen LogP contribution in [-0.4, -0.2) is 48.3 Å². The number of rotatable bonds is 10. The second-order valence-corrected chi connectivity index (χ2v) is 9.42. The van der Waals surface area contributed by atoms with Crippen molar-refractivity contribution < 1.29 is 14.0 Å². The Hall–Kier alpha value is -2.90. The lowest BCUT2D eigenvalue weighted by Gasteiger charge is -2.39. The van der Waals surface area contributed by atoms with Gasteiger partial charge in [0, 0.05) is 30.6 Å². The summed E-state index contributed by atoms with van der Waals surface area (Å²) in [4.78, 5) is 31.6. The van der Waals surface area contributed by atoms with Gasteiger partial charge in [-0.25, -0.2) is 0 Å². The van der Waals surface area contributed by atoms with E-state index in [9.17, 15) is 9.59 Å². The highest BCUT2D eigenvalue weighted by Crippen LogP contribution is 2.43. The summed E-state index contributed by atoms with van der Waals surface area (Å²) in [5.41, 5.74) is 1.41. The summed E-state index contributed by atoms with van der Waals surface area (Å²) in [5.74, 6) is 0.388. The van der Waals surface area contributed by atoms with Crippen molar-refractivity contribution in [2.24, 2.45) is 0 Å². The first-order valence-electron chi connectivity index (χ1n) is 11.5. The second kappa shape index (κ2) is 10.8. The van der Waals surface area contributed by atoms with E-state index < -0.39 is 5.92 Å². The average Bonchev–Trinajstić information content (AvgIpc) is 3.54. The van der Waals surface area contributed by atoms with Gasteiger partial charge in [-0.1, -0.05) is 37.6 Å². The standard InChI is InChI=1S/C26H31N3O3S/c1-3-4-14-29(18-19-9-7-16-32-19)15-13-27-25(30)23-20-10-5-6-11-21(20)26(31)28(2)24(23)22-12-8-17-33-22/h5-12,16-17,23-24H,3-4,13-15,18H2,1-2H3,(H,27,30). The van der Waals surface area contributed by atoms with Crippen molar-refractivity contribution in [2.45, 2.75) is 38.3 Å². The quantitative estimate of drug-likeness (QED) is 0.473. The van der Waals surface area contributed by atoms with Crippen LogP contribution < -0.4 is 5.32 Å². The Morgan fingerprint density at radius 1 is 1.15 bits per heavy atom. The van der Waals surface area contributed by atoms with E-state index in [1.54, 1.807) is 29.5 Å². The zero-order chi connectivity index (χ0) is 23.2. The number of furan rings is 1. The van der Waals surface area contributed by atoms with E-state index in [-0.39, 0.29) is 17.9 Å². The third kappa shape index (κ3) is 5.20. The maximum Gasteiger partial charge on any atom is 0.254 e. The number of benzene rings is 1. The zero-order valence-corrected chi connectivity index (χ0v) is 20.0. The van der Waals surface area contributed by atoms with Gasteiger partial charge in [0.15, 0.2) is 0 Å². The number of fused-ring (bicyclic) bond motifs is 1. The lowest BCUT2D eigenvalue weighted by Crippen LogP contribution is -2.46. The lowest BCUT2D eigenvalue weighted by molar-refractivity contribution is -0.124. The molecule has 3 heterocycles. The molecule has 174 valence electrons. The Morgan fingerprint density at radius 3 is 2.73 bits per heavy atom. The van der Waals surface area contributed by atoms with Gasteiger partial charge in [-0.3, -0.25) is 14.5 Å². The van der Waals surface area contributed by atoms with Gasteiger partial charge in [-0.05, 0) is 48.2 Å². The van der Waals surface area contributed by atoms with Gasteiger partial charge in [0.25, 0.3) is 5.91 Å². The highest BCUT2D eigenvalue weighted by Gasteiger charge is 2.42. The van der Waals surface area contributed by atoms with Crippen molar-refractivity contribution in [1.82, 2.24) is 15.1 Å². The molecule has 2 unspecified atom stereocenters. The molecule has 2 aromatic heterocycles. The van der Waals surface area contributed by atoms with Crippen molar-refractivity contribution in [3.63, 3.8) is 0 Å². The van der Waals surface area contributed by atoms with Gasteiger partial charge < -0.3 is 14.6 Å². The molecule has 33 heavy (non-hydrogen) atoms. The summed E-state index contributed by atoms with van der Waals surface area (Å²) in [7, 11) is 1.79. The van der Waals surface area contributed by atoms with Crippen LogP contribution in [0.15, 0.2) is 64.6 Å². The normalized spacial score (nSPS) is 17.9. The molecule has 0 saturated carbocycles. The van der Waals surface area contributed by atoms with Crippen LogP contribution >= 0.6 is 11.3 Å². The van der Waals surface area contributed by atoms with Crippen molar-refractivity contribution in [1.29, 1.82) is 0 Å². The monoisotopic (exact) mass is 465 g/mol. The Morgan fingerprint density at radius 2 is 2.00 bits per heavy atom. The molecule has 1 N–H and O–H groups in total. The third-order valence-corrected chi connectivity index (χ3v) is 7.15. The predicted octanol–water partition coefficient (Wildman–Crippen LogP) is 4.67. The number of carbonyl (C=O) groups excluding carboxylic acids is 2. The number of amides is 2. The highest BCUT2D eigenvalue weighted by molar-refractivity contribution is 7.10. The minimum Gasteiger partial charge on any atom is -0.468 e. The molecule has 0 radical (unpaired) electrons. The van der Waals surface area contributed by atoms with Crippen molar-refractivity contribution in [3.8, 4) is 0 Å². The zero-order valence-electron chi connectivity index (χ0n) is 19.2. The lowest BCUT2D eigenvalue weighted by atomic mass is 9.82. The first-order chi connectivity index (χ1) is 16.1. The molecular weight excluding hydrogens is 434 g/mol. The molecule has 0 bridgehead atoms. The first kappa shape index (κ1) is 23.3. The van der Waals surface area contributed by atoms with Crippen LogP contribution in [0.25, 0.3) is 0 Å². The van der Waals surface area contributed by atoms with Crippen LogP contribution in [-0.2, 0) is 11.3 Å². The summed E-state index contributed by atoms with van der Waals surface area (Å²) in [6.45, 7) is 5.13. The van der Waals surface area contributed by atoms with Crippen molar-refractivity contribution in [2.75, 3.05) is 26.7 Å². The number of likely N-dealkylation sites (N-methyl/N-ethyl adjacent to an activating group) is 1. The Kier molecular flexibility index (Phi) is 7.62. The van der Waals surface area contributed by atoms with Gasteiger partial charge >= 0.3 is 0 Å². The molecule has 0 aliphatic carbocycles. The largest absolute Gasteiger partial charge is 0.468 e. The average molecular weight is 466 g/mol. The fourth-order valence-electron chi connectivity index (χ4n) is 4.49. The maximum absolute atomic E-state index is 13.5. The van der Waals surface area contributed by atoms with E-state index in [2.05, 4.69) is 17.1 Å². The van der Waals surface area contributed by atoms with Gasteiger partial charge in [0.05, 0.1) is 24.8 Å². The molecule has 2 amide bonds. The van der Waals surface area contributed by atoms with Crippen molar-refractivity contribution in [3.05, 3.63) is 81.9 Å². The van der Waals surface area contributed by atoms with E-state index >= 15 is 0 Å². The summed E-state index contributed by atoms with van der Waals surface area (Å²) in [6, 6.07) is 15.0. The number of nitrogens with zero attached hydrogens (tertiary/aromatic N) is 2. The van der Waals surface area contributed by atoms with Crippen molar-refractivity contribution >= 4 is 23.2 Å². The van der Waals surface area contributed by atoms with Crippen LogP contribution in [0.1, 0.15) is 58.3 Å². The number of hydrogen-bond donors (Lipinski definition) is 1. The topological polar surface area (TPSA) is 65.8 Å². The Bertz CT molecular complexity index is 1050. The van der Waals surface area contributed by atoms with Crippen LogP contribution in [0.5, 0.6) is 0 Å². The van der Waals surface area contributed by atoms with E-state index in [0.29, 0.717) is 12.1 Å². The molecule has 0 saturated heterocycles. The maximum atomic E-state index is 13.5. The number of carbonyl (C=O) groups is 2. The number of thiophene rings is 1. The summed E-state index contributed by atoms with van der Waals surface area (Å²) >= 11 is 1.58. The van der Waals surface area contributed by atoms with Gasteiger partial charge in [-0.2, -0.15) is 0 Å². The van der Waals surface area contributed by atoms with Crippen LogP contribution in [0.4, 0.5) is 0 Å². The smallest absolute Gasteiger partial charge is 0.254 e. The van der Waals surface area contributed by atoms with Gasteiger partial charge in [-0.15, -0.1) is 11.3 Å². The highest BCUT2D eigenvalue weighted by atomic mass is 32.1. The molecule has 1 aromatic carbocycles. The molecule has 4 rings (SSSR count). The van der Waals surface area contributed by atoms with Crippen LogP contribution in [0.2, 0.25) is 0 Å². The van der Waals surface area contributed by atoms with Crippen LogP contribution in [0.3, 0.4) is 0 Å². The fraction of sp³-hybridized carbons (Fsp3) is 0.385. The molecule has 3 aromatic rings. The molecule has 1 aliphatic heterocycles. The van der Waals surface area contributed by atoms with Gasteiger partial charge in [0.2, 0.25) is 5.91 Å². The minimum atomic E-state index is -0.447. The number of hydrogen-bond acceptors (Lipinski definition) is 5. The van der Waals surface area contributed by atoms with E-state index in [1.165, 1.54) is 0 Å². The van der Waals surface area contributed by atoms with E-state index in [1.807, 2.05) is 53.9 Å². The molecular formula is C26H31N3O3S. The summed E-state index contributed by atoms with van der Waals surface area (Å²) < 4.78 is 5.52. The fourth-order valence-corrected chi connectivity index (χ4v) is 5.40. The summed E-state index contributed by atoms with van der Waals surface area (Å²) in [5, 5.41) is 5.15. The number of nitrogens with one attached hydrogen (secondary N) is 1. The molecule has 0 spiro atoms. The van der Waals surface area contributed by atoms with E-state index in [4.69, 9.17) is 4.42 Å². The molecule has 7 heteroatoms. The number of unbranched alkanes of at least 4 members (excludes halogenated alkanes) is 1.